The van der Waals surface area contributed by atoms with Gasteiger partial charge in [0.1, 0.15) is 0 Å². The zero-order valence-electron chi connectivity index (χ0n) is 11.8. The molecule has 2 aromatic carbocycles. The predicted molar refractivity (Wildman–Crippen MR) is 93.3 cm³/mol. The maximum Gasteiger partial charge on any atom is 0.181 e. The summed E-state index contributed by atoms with van der Waals surface area (Å²) in [7, 11) is -3.19. The van der Waals surface area contributed by atoms with Gasteiger partial charge in [0.2, 0.25) is 0 Å². The molecular weight excluding hydrogens is 320 g/mol. The average molecular weight is 337 g/mol. The number of rotatable bonds is 5. The molecule has 0 unspecified atom stereocenters. The monoisotopic (exact) mass is 336 g/mol. The lowest BCUT2D eigenvalue weighted by Gasteiger charge is -2.07. The molecule has 110 valence electrons. The van der Waals surface area contributed by atoms with E-state index in [1.54, 1.807) is 24.1 Å². The van der Waals surface area contributed by atoms with Crippen LogP contribution < -0.4 is 0 Å². The Morgan fingerprint density at radius 3 is 2.24 bits per heavy atom. The van der Waals surface area contributed by atoms with Gasteiger partial charge in [-0.25, -0.2) is 8.42 Å². The molecule has 5 heteroatoms. The van der Waals surface area contributed by atoms with Crippen LogP contribution in [0, 0.1) is 0 Å². The van der Waals surface area contributed by atoms with Gasteiger partial charge in [-0.05, 0) is 36.1 Å². The summed E-state index contributed by atoms with van der Waals surface area (Å²) in [6.45, 7) is 0. The fraction of sp³-hybridized carbons (Fsp3) is 0.125. The van der Waals surface area contributed by atoms with E-state index in [0.29, 0.717) is 4.24 Å². The van der Waals surface area contributed by atoms with Gasteiger partial charge in [0.05, 0.1) is 4.24 Å². The van der Waals surface area contributed by atoms with Crippen molar-refractivity contribution in [1.29, 1.82) is 0 Å². The third-order valence-electron chi connectivity index (χ3n) is 2.73. The standard InChI is InChI=1S/C16H16O2S3/c1-19-16(21(2,17)18)12-13-8-6-7-11-15(13)20-14-9-4-3-5-10-14/h3-12H,1-2H3. The van der Waals surface area contributed by atoms with Gasteiger partial charge in [-0.1, -0.05) is 48.2 Å². The van der Waals surface area contributed by atoms with Gasteiger partial charge in [-0.3, -0.25) is 0 Å². The first kappa shape index (κ1) is 16.2. The van der Waals surface area contributed by atoms with Gasteiger partial charge in [0.15, 0.2) is 9.84 Å². The topological polar surface area (TPSA) is 34.1 Å². The summed E-state index contributed by atoms with van der Waals surface area (Å²) in [6.07, 6.45) is 4.76. The van der Waals surface area contributed by atoms with Gasteiger partial charge in [0.25, 0.3) is 0 Å². The molecule has 0 saturated carbocycles. The maximum absolute atomic E-state index is 11.7. The zero-order valence-corrected chi connectivity index (χ0v) is 14.3. The van der Waals surface area contributed by atoms with Crippen LogP contribution >= 0.6 is 23.5 Å². The van der Waals surface area contributed by atoms with E-state index in [1.165, 1.54) is 18.0 Å². The summed E-state index contributed by atoms with van der Waals surface area (Å²) in [5, 5.41) is 0. The van der Waals surface area contributed by atoms with Crippen molar-refractivity contribution < 1.29 is 8.42 Å². The minimum Gasteiger partial charge on any atom is -0.223 e. The van der Waals surface area contributed by atoms with Gasteiger partial charge >= 0.3 is 0 Å². The van der Waals surface area contributed by atoms with Crippen molar-refractivity contribution in [1.82, 2.24) is 0 Å². The Hall–Kier alpha value is -1.17. The molecule has 21 heavy (non-hydrogen) atoms. The maximum atomic E-state index is 11.7. The number of hydrogen-bond acceptors (Lipinski definition) is 4. The second kappa shape index (κ2) is 7.20. The van der Waals surface area contributed by atoms with Gasteiger partial charge in [-0.2, -0.15) is 0 Å². The van der Waals surface area contributed by atoms with Crippen LogP contribution in [0.4, 0.5) is 0 Å². The summed E-state index contributed by atoms with van der Waals surface area (Å²) in [6, 6.07) is 17.9. The molecule has 2 aromatic rings. The van der Waals surface area contributed by atoms with E-state index in [2.05, 4.69) is 0 Å². The third-order valence-corrected chi connectivity index (χ3v) is 6.61. The van der Waals surface area contributed by atoms with E-state index in [9.17, 15) is 8.42 Å². The SMILES string of the molecule is CSC(=Cc1ccccc1Sc1ccccc1)S(C)(=O)=O. The highest BCUT2D eigenvalue weighted by Gasteiger charge is 2.11. The van der Waals surface area contributed by atoms with Gasteiger partial charge in [0, 0.05) is 16.0 Å². The highest BCUT2D eigenvalue weighted by atomic mass is 32.3. The highest BCUT2D eigenvalue weighted by molar-refractivity contribution is 8.18. The van der Waals surface area contributed by atoms with Crippen LogP contribution in [0.15, 0.2) is 68.6 Å². The zero-order chi connectivity index (χ0) is 15.3. The molecule has 0 N–H and O–H groups in total. The fourth-order valence-electron chi connectivity index (χ4n) is 1.75. The Bertz CT molecular complexity index is 735. The van der Waals surface area contributed by atoms with Crippen LogP contribution in [0.1, 0.15) is 5.56 Å². The molecule has 0 aliphatic heterocycles. The Morgan fingerprint density at radius 1 is 1.00 bits per heavy atom. The summed E-state index contributed by atoms with van der Waals surface area (Å²) < 4.78 is 23.9. The third kappa shape index (κ3) is 4.66. The lowest BCUT2D eigenvalue weighted by Crippen LogP contribution is -1.97. The Morgan fingerprint density at radius 2 is 1.62 bits per heavy atom. The van der Waals surface area contributed by atoms with E-state index >= 15 is 0 Å². The van der Waals surface area contributed by atoms with Gasteiger partial charge in [-0.15, -0.1) is 11.8 Å². The normalized spacial score (nSPS) is 12.4. The van der Waals surface area contributed by atoms with E-state index in [-0.39, 0.29) is 0 Å². The lowest BCUT2D eigenvalue weighted by atomic mass is 10.2. The first-order chi connectivity index (χ1) is 10.0. The molecule has 2 nitrogen and oxygen atoms in total. The molecule has 0 saturated heterocycles. The molecule has 0 bridgehead atoms. The predicted octanol–water partition coefficient (Wildman–Crippen LogP) is 4.54. The van der Waals surface area contributed by atoms with Crippen LogP contribution in [0.2, 0.25) is 0 Å². The minimum absolute atomic E-state index is 0.378. The van der Waals surface area contributed by atoms with Crippen molar-refractivity contribution in [2.75, 3.05) is 12.5 Å². The second-order valence-corrected chi connectivity index (χ2v) is 8.60. The smallest absolute Gasteiger partial charge is 0.181 e. The van der Waals surface area contributed by atoms with Crippen molar-refractivity contribution in [3.63, 3.8) is 0 Å². The van der Waals surface area contributed by atoms with E-state index < -0.39 is 9.84 Å². The molecule has 0 radical (unpaired) electrons. The molecule has 0 aliphatic rings. The summed E-state index contributed by atoms with van der Waals surface area (Å²) in [4.78, 5) is 2.17. The molecule has 2 rings (SSSR count). The molecule has 0 spiro atoms. The number of hydrogen-bond donors (Lipinski definition) is 0. The summed E-state index contributed by atoms with van der Waals surface area (Å²) >= 11 is 2.88. The first-order valence-corrected chi connectivity index (χ1v) is 10.2. The minimum atomic E-state index is -3.19. The molecular formula is C16H16O2S3. The lowest BCUT2D eigenvalue weighted by molar-refractivity contribution is 0.609. The summed E-state index contributed by atoms with van der Waals surface area (Å²) in [5.41, 5.74) is 0.918. The Labute approximate surface area is 134 Å². The van der Waals surface area contributed by atoms with E-state index in [0.717, 1.165) is 15.4 Å². The van der Waals surface area contributed by atoms with E-state index in [1.807, 2.05) is 54.6 Å². The summed E-state index contributed by atoms with van der Waals surface area (Å²) in [5.74, 6) is 0. The van der Waals surface area contributed by atoms with Crippen molar-refractivity contribution in [2.45, 2.75) is 9.79 Å². The van der Waals surface area contributed by atoms with Crippen molar-refractivity contribution in [3.05, 3.63) is 64.4 Å². The first-order valence-electron chi connectivity index (χ1n) is 6.28. The molecule has 0 heterocycles. The van der Waals surface area contributed by atoms with Crippen LogP contribution in [0.5, 0.6) is 0 Å². The molecule has 0 atom stereocenters. The Balaban J connectivity index is 2.40. The number of benzene rings is 2. The van der Waals surface area contributed by atoms with Crippen LogP contribution in [0.25, 0.3) is 6.08 Å². The molecule has 0 fully saturated rings. The highest BCUT2D eigenvalue weighted by Crippen LogP contribution is 2.33. The molecule has 0 aromatic heterocycles. The number of sulfone groups is 1. The van der Waals surface area contributed by atoms with Crippen molar-refractivity contribution in [3.8, 4) is 0 Å². The van der Waals surface area contributed by atoms with Crippen molar-refractivity contribution in [2.24, 2.45) is 0 Å². The Kier molecular flexibility index (Phi) is 5.56. The molecule has 0 aliphatic carbocycles. The van der Waals surface area contributed by atoms with Crippen molar-refractivity contribution >= 4 is 39.4 Å². The largest absolute Gasteiger partial charge is 0.223 e. The second-order valence-electron chi connectivity index (χ2n) is 4.39. The van der Waals surface area contributed by atoms with E-state index in [4.69, 9.17) is 0 Å². The van der Waals surface area contributed by atoms with Crippen LogP contribution in [-0.2, 0) is 9.84 Å². The average Bonchev–Trinajstić information content (AvgIpc) is 2.46. The van der Waals surface area contributed by atoms with Crippen LogP contribution in [0.3, 0.4) is 0 Å². The molecule has 0 amide bonds. The van der Waals surface area contributed by atoms with Gasteiger partial charge < -0.3 is 0 Å². The quantitative estimate of drug-likeness (QED) is 0.802. The fourth-order valence-corrected chi connectivity index (χ4v) is 4.49. The van der Waals surface area contributed by atoms with Crippen LogP contribution in [-0.4, -0.2) is 20.9 Å². The number of thioether (sulfide) groups is 1.